The molecule has 1 saturated heterocycles. The van der Waals surface area contributed by atoms with Crippen molar-refractivity contribution in [3.63, 3.8) is 0 Å². The van der Waals surface area contributed by atoms with Crippen LogP contribution in [-0.4, -0.2) is 42.5 Å². The van der Waals surface area contributed by atoms with Crippen LogP contribution in [-0.2, 0) is 26.2 Å². The lowest BCUT2D eigenvalue weighted by Crippen LogP contribution is -2.46. The predicted molar refractivity (Wildman–Crippen MR) is 100 cm³/mol. The maximum atomic E-state index is 13.0. The number of hydrogen-bond acceptors (Lipinski definition) is 5. The summed E-state index contributed by atoms with van der Waals surface area (Å²) in [6, 6.07) is 14.3. The van der Waals surface area contributed by atoms with Gasteiger partial charge in [0, 0.05) is 6.54 Å². The molecule has 1 fully saturated rings. The molecule has 1 aliphatic heterocycles. The molecule has 6 nitrogen and oxygen atoms in total. The molecule has 0 saturated carbocycles. The van der Waals surface area contributed by atoms with Gasteiger partial charge in [0.25, 0.3) is 0 Å². The van der Waals surface area contributed by atoms with E-state index in [2.05, 4.69) is 0 Å². The van der Waals surface area contributed by atoms with Gasteiger partial charge in [-0.15, -0.1) is 0 Å². The third-order valence-corrected chi connectivity index (χ3v) is 6.64. The highest BCUT2D eigenvalue weighted by Gasteiger charge is 2.49. The van der Waals surface area contributed by atoms with E-state index < -0.39 is 28.1 Å². The van der Waals surface area contributed by atoms with Crippen LogP contribution in [0, 0.1) is 12.8 Å². The van der Waals surface area contributed by atoms with E-state index >= 15 is 0 Å². The van der Waals surface area contributed by atoms with Crippen LogP contribution in [0.4, 0.5) is 0 Å². The third kappa shape index (κ3) is 4.05. The van der Waals surface area contributed by atoms with Crippen LogP contribution in [0.1, 0.15) is 18.1 Å². The van der Waals surface area contributed by atoms with Crippen molar-refractivity contribution in [1.29, 1.82) is 0 Å². The molecule has 0 radical (unpaired) electrons. The molecule has 0 aliphatic carbocycles. The molecule has 3 rings (SSSR count). The summed E-state index contributed by atoms with van der Waals surface area (Å²) in [6.45, 7) is 3.66. The number of aryl methyl sites for hydroxylation is 1. The lowest BCUT2D eigenvalue weighted by molar-refractivity contribution is -0.151. The number of benzene rings is 2. The van der Waals surface area contributed by atoms with E-state index in [0.717, 1.165) is 15.4 Å². The maximum Gasteiger partial charge on any atom is 0.327 e. The summed E-state index contributed by atoms with van der Waals surface area (Å²) < 4.78 is 32.4. The largest absolute Gasteiger partial charge is 0.460 e. The molecule has 0 bridgehead atoms. The summed E-state index contributed by atoms with van der Waals surface area (Å²) >= 11 is 0. The Morgan fingerprint density at radius 3 is 2.41 bits per heavy atom. The van der Waals surface area contributed by atoms with Crippen LogP contribution < -0.4 is 0 Å². The van der Waals surface area contributed by atoms with Gasteiger partial charge < -0.3 is 9.84 Å². The zero-order valence-corrected chi connectivity index (χ0v) is 16.1. The standard InChI is InChI=1S/C20H23NO5S/c1-14-8-10-17(11-9-14)27(24,25)21-12-15(2)19(22)18(21)20(23)26-13-16-6-4-3-5-7-16/h3-11,15,18-19,22H,12-13H2,1-2H3/t15-,18-,19-/m0/s1. The van der Waals surface area contributed by atoms with E-state index in [1.807, 2.05) is 37.3 Å². The summed E-state index contributed by atoms with van der Waals surface area (Å²) in [6.07, 6.45) is -1.12. The predicted octanol–water partition coefficient (Wildman–Crippen LogP) is 2.11. The first kappa shape index (κ1) is 19.5. The zero-order chi connectivity index (χ0) is 19.6. The molecule has 0 unspecified atom stereocenters. The van der Waals surface area contributed by atoms with Gasteiger partial charge in [-0.3, -0.25) is 4.79 Å². The van der Waals surface area contributed by atoms with Crippen LogP contribution in [0.3, 0.4) is 0 Å². The van der Waals surface area contributed by atoms with Crippen molar-refractivity contribution in [3.05, 3.63) is 65.7 Å². The third-order valence-electron chi connectivity index (χ3n) is 4.78. The summed E-state index contributed by atoms with van der Waals surface area (Å²) in [5.74, 6) is -1.12. The fraction of sp³-hybridized carbons (Fsp3) is 0.350. The first-order chi connectivity index (χ1) is 12.8. The maximum absolute atomic E-state index is 13.0. The Balaban J connectivity index is 1.83. The van der Waals surface area contributed by atoms with Crippen LogP contribution >= 0.6 is 0 Å². The number of ether oxygens (including phenoxy) is 1. The Hall–Kier alpha value is -2.22. The second-order valence-corrected chi connectivity index (χ2v) is 8.78. The van der Waals surface area contributed by atoms with Gasteiger partial charge in [0.05, 0.1) is 11.0 Å². The minimum Gasteiger partial charge on any atom is -0.460 e. The topological polar surface area (TPSA) is 83.9 Å². The number of aliphatic hydroxyl groups is 1. The lowest BCUT2D eigenvalue weighted by atomic mass is 10.0. The van der Waals surface area contributed by atoms with Crippen molar-refractivity contribution < 1.29 is 23.1 Å². The van der Waals surface area contributed by atoms with Gasteiger partial charge in [0.2, 0.25) is 10.0 Å². The molecule has 0 spiro atoms. The number of aliphatic hydroxyl groups excluding tert-OH is 1. The van der Waals surface area contributed by atoms with Gasteiger partial charge in [-0.25, -0.2) is 8.42 Å². The Morgan fingerprint density at radius 2 is 1.78 bits per heavy atom. The fourth-order valence-corrected chi connectivity index (χ4v) is 4.84. The van der Waals surface area contributed by atoms with Crippen molar-refractivity contribution in [3.8, 4) is 0 Å². The minimum atomic E-state index is -3.93. The lowest BCUT2D eigenvalue weighted by Gasteiger charge is -2.24. The number of nitrogens with zero attached hydrogens (tertiary/aromatic N) is 1. The van der Waals surface area contributed by atoms with Crippen molar-refractivity contribution in [2.75, 3.05) is 6.54 Å². The number of esters is 1. The smallest absolute Gasteiger partial charge is 0.327 e. The van der Waals surface area contributed by atoms with Crippen LogP contribution in [0.25, 0.3) is 0 Å². The Kier molecular flexibility index (Phi) is 5.64. The molecule has 0 aromatic heterocycles. The number of hydrogen-bond donors (Lipinski definition) is 1. The van der Waals surface area contributed by atoms with Gasteiger partial charge in [-0.1, -0.05) is 55.0 Å². The van der Waals surface area contributed by atoms with Crippen LogP contribution in [0.15, 0.2) is 59.5 Å². The van der Waals surface area contributed by atoms with Gasteiger partial charge >= 0.3 is 5.97 Å². The van der Waals surface area contributed by atoms with Crippen LogP contribution in [0.2, 0.25) is 0 Å². The summed E-state index contributed by atoms with van der Waals surface area (Å²) in [5, 5.41) is 10.4. The molecular formula is C20H23NO5S. The van der Waals surface area contributed by atoms with Gasteiger partial charge in [-0.05, 0) is 30.5 Å². The quantitative estimate of drug-likeness (QED) is 0.792. The average Bonchev–Trinajstić information content (AvgIpc) is 2.97. The molecule has 144 valence electrons. The number of carbonyl (C=O) groups is 1. The van der Waals surface area contributed by atoms with Crippen molar-refractivity contribution in [2.45, 2.75) is 37.5 Å². The Labute approximate surface area is 159 Å². The average molecular weight is 389 g/mol. The Bertz CT molecular complexity index is 896. The number of rotatable bonds is 5. The second-order valence-electron chi connectivity index (χ2n) is 6.89. The highest BCUT2D eigenvalue weighted by molar-refractivity contribution is 7.89. The molecule has 3 atom stereocenters. The first-order valence-corrected chi connectivity index (χ1v) is 10.2. The van der Waals surface area contributed by atoms with E-state index in [9.17, 15) is 18.3 Å². The molecule has 0 amide bonds. The summed E-state index contributed by atoms with van der Waals surface area (Å²) in [4.78, 5) is 12.7. The summed E-state index contributed by atoms with van der Waals surface area (Å²) in [5.41, 5.74) is 1.72. The minimum absolute atomic E-state index is 0.0235. The summed E-state index contributed by atoms with van der Waals surface area (Å²) in [7, 11) is -3.93. The van der Waals surface area contributed by atoms with Crippen molar-refractivity contribution in [1.82, 2.24) is 4.31 Å². The monoisotopic (exact) mass is 389 g/mol. The number of sulfonamides is 1. The number of carbonyl (C=O) groups excluding carboxylic acids is 1. The van der Waals surface area contributed by atoms with Crippen molar-refractivity contribution in [2.24, 2.45) is 5.92 Å². The highest BCUT2D eigenvalue weighted by atomic mass is 32.2. The van der Waals surface area contributed by atoms with E-state index in [0.29, 0.717) is 0 Å². The molecular weight excluding hydrogens is 366 g/mol. The molecule has 7 heteroatoms. The molecule has 27 heavy (non-hydrogen) atoms. The van der Waals surface area contributed by atoms with E-state index in [-0.39, 0.29) is 24.0 Å². The zero-order valence-electron chi connectivity index (χ0n) is 15.3. The molecule has 1 N–H and O–H groups in total. The first-order valence-electron chi connectivity index (χ1n) is 8.78. The Morgan fingerprint density at radius 1 is 1.15 bits per heavy atom. The fourth-order valence-electron chi connectivity index (χ4n) is 3.15. The normalized spacial score (nSPS) is 23.3. The van der Waals surface area contributed by atoms with Gasteiger partial charge in [0.15, 0.2) is 0 Å². The van der Waals surface area contributed by atoms with E-state index in [4.69, 9.17) is 4.74 Å². The molecule has 1 aliphatic rings. The second kappa shape index (κ2) is 7.80. The van der Waals surface area contributed by atoms with Gasteiger partial charge in [0.1, 0.15) is 12.6 Å². The molecule has 1 heterocycles. The SMILES string of the molecule is Cc1ccc(S(=O)(=O)N2C[C@H](C)[C@H](O)[C@H]2C(=O)OCc2ccccc2)cc1. The molecule has 2 aromatic carbocycles. The highest BCUT2D eigenvalue weighted by Crippen LogP contribution is 2.31. The molecule has 2 aromatic rings. The van der Waals surface area contributed by atoms with E-state index in [1.54, 1.807) is 19.1 Å². The van der Waals surface area contributed by atoms with Crippen LogP contribution in [0.5, 0.6) is 0 Å². The van der Waals surface area contributed by atoms with Crippen molar-refractivity contribution >= 4 is 16.0 Å². The van der Waals surface area contributed by atoms with Gasteiger partial charge in [-0.2, -0.15) is 4.31 Å². The van der Waals surface area contributed by atoms with E-state index in [1.165, 1.54) is 12.1 Å².